The first-order valence-electron chi connectivity index (χ1n) is 6.91. The molecule has 0 radical (unpaired) electrons. The lowest BCUT2D eigenvalue weighted by molar-refractivity contribution is 0.130. The quantitative estimate of drug-likeness (QED) is 0.669. The van der Waals surface area contributed by atoms with Crippen molar-refractivity contribution in [1.29, 1.82) is 0 Å². The van der Waals surface area contributed by atoms with Crippen LogP contribution in [0, 0.1) is 5.92 Å². The zero-order valence-corrected chi connectivity index (χ0v) is 10.5. The molecule has 1 saturated heterocycles. The molecule has 0 aromatic heterocycles. The van der Waals surface area contributed by atoms with Gasteiger partial charge < -0.3 is 10.4 Å². The molecule has 2 N–H and O–H groups in total. The Kier molecular flexibility index (Phi) is 4.62. The highest BCUT2D eigenvalue weighted by Crippen LogP contribution is 2.31. The predicted molar refractivity (Wildman–Crippen MR) is 66.5 cm³/mol. The Morgan fingerprint density at radius 1 is 1.31 bits per heavy atom. The van der Waals surface area contributed by atoms with Crippen molar-refractivity contribution in [2.24, 2.45) is 5.92 Å². The standard InChI is InChI=1S/C13H26N2O/c1-2-11-8-12(14-6-3-7-16)10-15(9-11)13-4-5-13/h11-14,16H,2-10H2,1H3. The molecule has 3 heteroatoms. The lowest BCUT2D eigenvalue weighted by Crippen LogP contribution is -2.50. The number of aliphatic hydroxyl groups is 1. The van der Waals surface area contributed by atoms with Crippen LogP contribution in [-0.2, 0) is 0 Å². The fraction of sp³-hybridized carbons (Fsp3) is 1.00. The maximum absolute atomic E-state index is 8.79. The molecule has 3 nitrogen and oxygen atoms in total. The molecule has 1 heterocycles. The Bertz CT molecular complexity index is 206. The maximum atomic E-state index is 8.79. The Morgan fingerprint density at radius 3 is 2.75 bits per heavy atom. The summed E-state index contributed by atoms with van der Waals surface area (Å²) in [6.45, 7) is 6.14. The molecule has 0 amide bonds. The van der Waals surface area contributed by atoms with E-state index in [4.69, 9.17) is 5.11 Å². The molecule has 2 rings (SSSR count). The minimum Gasteiger partial charge on any atom is -0.396 e. The molecule has 1 aliphatic heterocycles. The Balaban J connectivity index is 1.77. The minimum absolute atomic E-state index is 0.309. The molecule has 2 fully saturated rings. The van der Waals surface area contributed by atoms with Crippen molar-refractivity contribution in [2.75, 3.05) is 26.2 Å². The first-order valence-corrected chi connectivity index (χ1v) is 6.91. The highest BCUT2D eigenvalue weighted by Gasteiger charge is 2.35. The van der Waals surface area contributed by atoms with E-state index in [1.165, 1.54) is 38.8 Å². The molecule has 2 aliphatic rings. The van der Waals surface area contributed by atoms with Crippen LogP contribution >= 0.6 is 0 Å². The molecule has 1 saturated carbocycles. The average molecular weight is 226 g/mol. The van der Waals surface area contributed by atoms with E-state index in [-0.39, 0.29) is 0 Å². The molecular weight excluding hydrogens is 200 g/mol. The summed E-state index contributed by atoms with van der Waals surface area (Å²) in [6.07, 6.45) is 6.35. The molecule has 0 aromatic carbocycles. The number of hydrogen-bond acceptors (Lipinski definition) is 3. The van der Waals surface area contributed by atoms with Gasteiger partial charge >= 0.3 is 0 Å². The number of aliphatic hydroxyl groups excluding tert-OH is 1. The van der Waals surface area contributed by atoms with Crippen molar-refractivity contribution < 1.29 is 5.11 Å². The molecule has 94 valence electrons. The highest BCUT2D eigenvalue weighted by molar-refractivity contribution is 4.92. The van der Waals surface area contributed by atoms with E-state index >= 15 is 0 Å². The lowest BCUT2D eigenvalue weighted by Gasteiger charge is -2.38. The Labute approximate surface area is 99.2 Å². The van der Waals surface area contributed by atoms with E-state index in [2.05, 4.69) is 17.1 Å². The summed E-state index contributed by atoms with van der Waals surface area (Å²) in [7, 11) is 0. The van der Waals surface area contributed by atoms with E-state index in [0.29, 0.717) is 12.6 Å². The van der Waals surface area contributed by atoms with Gasteiger partial charge in [-0.3, -0.25) is 4.90 Å². The predicted octanol–water partition coefficient (Wildman–Crippen LogP) is 1.22. The van der Waals surface area contributed by atoms with Crippen LogP contribution in [0.15, 0.2) is 0 Å². The lowest BCUT2D eigenvalue weighted by atomic mass is 9.92. The van der Waals surface area contributed by atoms with Crippen LogP contribution < -0.4 is 5.32 Å². The number of piperidine rings is 1. The summed E-state index contributed by atoms with van der Waals surface area (Å²) in [5.41, 5.74) is 0. The van der Waals surface area contributed by atoms with Crippen LogP contribution in [0.4, 0.5) is 0 Å². The van der Waals surface area contributed by atoms with E-state index in [0.717, 1.165) is 24.9 Å². The first kappa shape index (κ1) is 12.3. The van der Waals surface area contributed by atoms with Gasteiger partial charge in [-0.25, -0.2) is 0 Å². The molecule has 0 aromatic rings. The second-order valence-electron chi connectivity index (χ2n) is 5.42. The topological polar surface area (TPSA) is 35.5 Å². The third kappa shape index (κ3) is 3.44. The van der Waals surface area contributed by atoms with Crippen molar-refractivity contribution in [2.45, 2.75) is 51.1 Å². The summed E-state index contributed by atoms with van der Waals surface area (Å²) < 4.78 is 0. The zero-order valence-electron chi connectivity index (χ0n) is 10.5. The van der Waals surface area contributed by atoms with Crippen LogP contribution in [0.1, 0.15) is 39.0 Å². The van der Waals surface area contributed by atoms with Crippen LogP contribution in [0.2, 0.25) is 0 Å². The summed E-state index contributed by atoms with van der Waals surface area (Å²) in [6, 6.07) is 1.56. The summed E-state index contributed by atoms with van der Waals surface area (Å²) in [5.74, 6) is 0.876. The van der Waals surface area contributed by atoms with Gasteiger partial charge in [0.25, 0.3) is 0 Å². The fourth-order valence-corrected chi connectivity index (χ4v) is 2.81. The highest BCUT2D eigenvalue weighted by atomic mass is 16.3. The van der Waals surface area contributed by atoms with E-state index in [1.807, 2.05) is 0 Å². The van der Waals surface area contributed by atoms with Crippen molar-refractivity contribution in [1.82, 2.24) is 10.2 Å². The summed E-state index contributed by atoms with van der Waals surface area (Å²) in [4.78, 5) is 2.69. The number of hydrogen-bond donors (Lipinski definition) is 2. The van der Waals surface area contributed by atoms with Crippen LogP contribution in [0.25, 0.3) is 0 Å². The van der Waals surface area contributed by atoms with Gasteiger partial charge in [0, 0.05) is 31.8 Å². The molecule has 2 unspecified atom stereocenters. The normalized spacial score (nSPS) is 31.9. The summed E-state index contributed by atoms with van der Waals surface area (Å²) >= 11 is 0. The Morgan fingerprint density at radius 2 is 2.12 bits per heavy atom. The third-order valence-electron chi connectivity index (χ3n) is 3.97. The first-order chi connectivity index (χ1) is 7.83. The van der Waals surface area contributed by atoms with Gasteiger partial charge in [-0.05, 0) is 38.1 Å². The van der Waals surface area contributed by atoms with Gasteiger partial charge in [-0.1, -0.05) is 13.3 Å². The molecule has 1 aliphatic carbocycles. The number of nitrogens with zero attached hydrogens (tertiary/aromatic N) is 1. The second-order valence-corrected chi connectivity index (χ2v) is 5.42. The van der Waals surface area contributed by atoms with Gasteiger partial charge in [-0.15, -0.1) is 0 Å². The fourth-order valence-electron chi connectivity index (χ4n) is 2.81. The zero-order chi connectivity index (χ0) is 11.4. The SMILES string of the molecule is CCC1CC(NCCCO)CN(C2CC2)C1. The third-order valence-corrected chi connectivity index (χ3v) is 3.97. The van der Waals surface area contributed by atoms with Gasteiger partial charge in [0.1, 0.15) is 0 Å². The van der Waals surface area contributed by atoms with Gasteiger partial charge in [0.15, 0.2) is 0 Å². The second kappa shape index (κ2) is 5.99. The average Bonchev–Trinajstić information content (AvgIpc) is 3.13. The maximum Gasteiger partial charge on any atom is 0.0443 e. The van der Waals surface area contributed by atoms with Gasteiger partial charge in [0.2, 0.25) is 0 Å². The number of likely N-dealkylation sites (tertiary alicyclic amines) is 1. The minimum atomic E-state index is 0.309. The molecule has 16 heavy (non-hydrogen) atoms. The van der Waals surface area contributed by atoms with Crippen molar-refractivity contribution in [3.05, 3.63) is 0 Å². The number of rotatable bonds is 6. The largest absolute Gasteiger partial charge is 0.396 e. The smallest absolute Gasteiger partial charge is 0.0443 e. The van der Waals surface area contributed by atoms with Crippen molar-refractivity contribution >= 4 is 0 Å². The molecule has 2 atom stereocenters. The molecular formula is C13H26N2O. The Hall–Kier alpha value is -0.120. The number of nitrogens with one attached hydrogen (secondary N) is 1. The van der Waals surface area contributed by atoms with Crippen LogP contribution in [0.5, 0.6) is 0 Å². The van der Waals surface area contributed by atoms with E-state index in [1.54, 1.807) is 0 Å². The molecule has 0 bridgehead atoms. The van der Waals surface area contributed by atoms with Gasteiger partial charge in [0.05, 0.1) is 0 Å². The monoisotopic (exact) mass is 226 g/mol. The van der Waals surface area contributed by atoms with Gasteiger partial charge in [-0.2, -0.15) is 0 Å². The van der Waals surface area contributed by atoms with Crippen LogP contribution in [-0.4, -0.2) is 48.3 Å². The van der Waals surface area contributed by atoms with Crippen molar-refractivity contribution in [3.8, 4) is 0 Å². The molecule has 0 spiro atoms. The van der Waals surface area contributed by atoms with Crippen LogP contribution in [0.3, 0.4) is 0 Å². The van der Waals surface area contributed by atoms with E-state index < -0.39 is 0 Å². The van der Waals surface area contributed by atoms with Crippen molar-refractivity contribution in [3.63, 3.8) is 0 Å². The van der Waals surface area contributed by atoms with E-state index in [9.17, 15) is 0 Å². The summed E-state index contributed by atoms with van der Waals surface area (Å²) in [5, 5.41) is 12.4.